The lowest BCUT2D eigenvalue weighted by molar-refractivity contribution is -0.156. The minimum Gasteiger partial charge on any atom is -0.466 e. The van der Waals surface area contributed by atoms with Crippen LogP contribution < -0.4 is 0 Å². The molecule has 4 nitrogen and oxygen atoms in total. The van der Waals surface area contributed by atoms with E-state index in [0.717, 1.165) is 12.8 Å². The van der Waals surface area contributed by atoms with Crippen molar-refractivity contribution < 1.29 is 19.1 Å². The van der Waals surface area contributed by atoms with Crippen LogP contribution in [0.15, 0.2) is 0 Å². The molecule has 0 aromatic rings. The third-order valence-electron chi connectivity index (χ3n) is 4.82. The first-order valence-corrected chi connectivity index (χ1v) is 10.6. The van der Waals surface area contributed by atoms with Gasteiger partial charge >= 0.3 is 11.9 Å². The van der Waals surface area contributed by atoms with Gasteiger partial charge in [0.05, 0.1) is 19.4 Å². The summed E-state index contributed by atoms with van der Waals surface area (Å²) in [5.74, 6) is -0.635. The van der Waals surface area contributed by atoms with E-state index in [2.05, 4.69) is 6.92 Å². The Morgan fingerprint density at radius 2 is 1.23 bits per heavy atom. The van der Waals surface area contributed by atoms with Crippen molar-refractivity contribution in [3.63, 3.8) is 0 Å². The first kappa shape index (κ1) is 24.9. The highest BCUT2D eigenvalue weighted by Gasteiger charge is 2.23. The van der Waals surface area contributed by atoms with Gasteiger partial charge in [-0.15, -0.1) is 0 Å². The van der Waals surface area contributed by atoms with E-state index < -0.39 is 0 Å². The summed E-state index contributed by atoms with van der Waals surface area (Å²) in [5, 5.41) is 0. The largest absolute Gasteiger partial charge is 0.466 e. The maximum Gasteiger partial charge on any atom is 0.306 e. The van der Waals surface area contributed by atoms with Crippen molar-refractivity contribution in [3.8, 4) is 0 Å². The average molecular weight is 371 g/mol. The maximum absolute atomic E-state index is 11.7. The van der Waals surface area contributed by atoms with Gasteiger partial charge in [-0.25, -0.2) is 0 Å². The number of carbonyl (C=O) groups is 2. The van der Waals surface area contributed by atoms with E-state index in [1.54, 1.807) is 0 Å². The van der Waals surface area contributed by atoms with Crippen molar-refractivity contribution in [2.75, 3.05) is 6.61 Å². The fourth-order valence-corrected chi connectivity index (χ4v) is 2.48. The van der Waals surface area contributed by atoms with Gasteiger partial charge < -0.3 is 9.47 Å². The number of ether oxygens (including phenoxy) is 2. The Morgan fingerprint density at radius 3 is 1.73 bits per heavy atom. The molecule has 0 fully saturated rings. The second-order valence-corrected chi connectivity index (χ2v) is 8.40. The van der Waals surface area contributed by atoms with Crippen LogP contribution >= 0.6 is 0 Å². The molecule has 0 N–H and O–H groups in total. The Labute approximate surface area is 161 Å². The summed E-state index contributed by atoms with van der Waals surface area (Å²) in [5.41, 5.74) is -0.0916. The smallest absolute Gasteiger partial charge is 0.306 e. The Bertz CT molecular complexity index is 371. The molecular formula is C22H42O4. The van der Waals surface area contributed by atoms with E-state index in [4.69, 9.17) is 9.47 Å². The van der Waals surface area contributed by atoms with E-state index >= 15 is 0 Å². The number of hydrogen-bond acceptors (Lipinski definition) is 4. The minimum absolute atomic E-state index is 0.0916. The van der Waals surface area contributed by atoms with Crippen molar-refractivity contribution in [2.24, 2.45) is 5.41 Å². The fraction of sp³-hybridized carbons (Fsp3) is 0.909. The second kappa shape index (κ2) is 15.0. The molecule has 26 heavy (non-hydrogen) atoms. The summed E-state index contributed by atoms with van der Waals surface area (Å²) < 4.78 is 10.5. The van der Waals surface area contributed by atoms with Crippen molar-refractivity contribution in [1.29, 1.82) is 0 Å². The molecule has 0 aromatic carbocycles. The summed E-state index contributed by atoms with van der Waals surface area (Å²) in [6.45, 7) is 10.6. The van der Waals surface area contributed by atoms with Crippen LogP contribution in [0.3, 0.4) is 0 Å². The lowest BCUT2D eigenvalue weighted by Gasteiger charge is -2.26. The topological polar surface area (TPSA) is 52.6 Å². The van der Waals surface area contributed by atoms with Crippen LogP contribution in [-0.4, -0.2) is 24.6 Å². The SMILES string of the molecule is CCCCCCCCCCCCOC(=O)CCC(=O)OC(C)C(C)(C)C. The van der Waals surface area contributed by atoms with Crippen molar-refractivity contribution in [3.05, 3.63) is 0 Å². The molecule has 154 valence electrons. The summed E-state index contributed by atoms with van der Waals surface area (Å²) in [6.07, 6.45) is 12.6. The summed E-state index contributed by atoms with van der Waals surface area (Å²) in [6, 6.07) is 0. The van der Waals surface area contributed by atoms with Gasteiger partial charge in [0.15, 0.2) is 0 Å². The van der Waals surface area contributed by atoms with Gasteiger partial charge in [-0.1, -0.05) is 85.5 Å². The molecule has 0 aliphatic rings. The molecule has 0 rings (SSSR count). The molecular weight excluding hydrogens is 328 g/mol. The highest BCUT2D eigenvalue weighted by molar-refractivity contribution is 5.77. The summed E-state index contributed by atoms with van der Waals surface area (Å²) >= 11 is 0. The molecule has 0 aliphatic heterocycles. The van der Waals surface area contributed by atoms with Gasteiger partial charge in [-0.2, -0.15) is 0 Å². The molecule has 1 unspecified atom stereocenters. The van der Waals surface area contributed by atoms with E-state index in [1.165, 1.54) is 51.4 Å². The van der Waals surface area contributed by atoms with Gasteiger partial charge in [0.25, 0.3) is 0 Å². The van der Waals surface area contributed by atoms with Crippen molar-refractivity contribution in [2.45, 2.75) is 118 Å². The number of hydrogen-bond donors (Lipinski definition) is 0. The molecule has 0 aromatic heterocycles. The van der Waals surface area contributed by atoms with Crippen LogP contribution in [0.5, 0.6) is 0 Å². The Kier molecular flexibility index (Phi) is 14.4. The predicted molar refractivity (Wildman–Crippen MR) is 107 cm³/mol. The minimum atomic E-state index is -0.330. The van der Waals surface area contributed by atoms with Gasteiger partial charge in [0, 0.05) is 0 Å². The van der Waals surface area contributed by atoms with Gasteiger partial charge in [-0.3, -0.25) is 9.59 Å². The molecule has 0 amide bonds. The van der Waals surface area contributed by atoms with E-state index in [-0.39, 0.29) is 36.3 Å². The quantitative estimate of drug-likeness (QED) is 0.254. The van der Waals surface area contributed by atoms with Crippen molar-refractivity contribution >= 4 is 11.9 Å². The van der Waals surface area contributed by atoms with Crippen LogP contribution in [0, 0.1) is 5.41 Å². The number of carbonyl (C=O) groups excluding carboxylic acids is 2. The Balaban J connectivity index is 3.48. The van der Waals surface area contributed by atoms with Crippen LogP contribution in [0.25, 0.3) is 0 Å². The fourth-order valence-electron chi connectivity index (χ4n) is 2.48. The van der Waals surface area contributed by atoms with Crippen molar-refractivity contribution in [1.82, 2.24) is 0 Å². The Hall–Kier alpha value is -1.06. The molecule has 1 atom stereocenters. The lowest BCUT2D eigenvalue weighted by atomic mass is 9.90. The van der Waals surface area contributed by atoms with Gasteiger partial charge in [0.1, 0.15) is 6.10 Å². The molecule has 0 heterocycles. The highest BCUT2D eigenvalue weighted by atomic mass is 16.5. The molecule has 4 heteroatoms. The van der Waals surface area contributed by atoms with Crippen LogP contribution in [0.4, 0.5) is 0 Å². The second-order valence-electron chi connectivity index (χ2n) is 8.40. The lowest BCUT2D eigenvalue weighted by Crippen LogP contribution is -2.28. The zero-order valence-electron chi connectivity index (χ0n) is 17.9. The molecule has 0 saturated carbocycles. The van der Waals surface area contributed by atoms with Crippen LogP contribution in [-0.2, 0) is 19.1 Å². The van der Waals surface area contributed by atoms with Gasteiger partial charge in [-0.05, 0) is 18.8 Å². The number of rotatable bonds is 15. The van der Waals surface area contributed by atoms with E-state index in [9.17, 15) is 9.59 Å². The summed E-state index contributed by atoms with van der Waals surface area (Å²) in [4.78, 5) is 23.4. The zero-order valence-corrected chi connectivity index (χ0v) is 17.9. The van der Waals surface area contributed by atoms with Gasteiger partial charge in [0.2, 0.25) is 0 Å². The predicted octanol–water partition coefficient (Wildman–Crippen LogP) is 6.21. The maximum atomic E-state index is 11.7. The molecule has 0 spiro atoms. The standard InChI is InChI=1S/C22H42O4/c1-6-7-8-9-10-11-12-13-14-15-18-25-20(23)16-17-21(24)26-19(2)22(3,4)5/h19H,6-18H2,1-5H3. The average Bonchev–Trinajstić information content (AvgIpc) is 2.57. The first-order valence-electron chi connectivity index (χ1n) is 10.6. The van der Waals surface area contributed by atoms with E-state index in [0.29, 0.717) is 6.61 Å². The normalized spacial score (nSPS) is 12.7. The zero-order chi connectivity index (χ0) is 19.8. The monoisotopic (exact) mass is 370 g/mol. The number of unbranched alkanes of at least 4 members (excludes halogenated alkanes) is 9. The molecule has 0 aliphatic carbocycles. The highest BCUT2D eigenvalue weighted by Crippen LogP contribution is 2.22. The summed E-state index contributed by atoms with van der Waals surface area (Å²) in [7, 11) is 0. The molecule has 0 saturated heterocycles. The molecule has 0 bridgehead atoms. The third kappa shape index (κ3) is 15.2. The number of esters is 2. The van der Waals surface area contributed by atoms with Crippen LogP contribution in [0.1, 0.15) is 112 Å². The molecule has 0 radical (unpaired) electrons. The third-order valence-corrected chi connectivity index (χ3v) is 4.82. The first-order chi connectivity index (χ1) is 12.3. The van der Waals surface area contributed by atoms with Crippen LogP contribution in [0.2, 0.25) is 0 Å². The van der Waals surface area contributed by atoms with E-state index in [1.807, 2.05) is 27.7 Å². The Morgan fingerprint density at radius 1 is 0.769 bits per heavy atom.